The quantitative estimate of drug-likeness (QED) is 0.671. The molecule has 0 aliphatic carbocycles. The maximum absolute atomic E-state index is 13.1. The van der Waals surface area contributed by atoms with E-state index in [4.69, 9.17) is 5.73 Å². The van der Waals surface area contributed by atoms with Gasteiger partial charge in [0, 0.05) is 31.9 Å². The summed E-state index contributed by atoms with van der Waals surface area (Å²) >= 11 is 0. The molecule has 0 radical (unpaired) electrons. The summed E-state index contributed by atoms with van der Waals surface area (Å²) < 4.78 is 13.1. The number of rotatable bonds is 2. The summed E-state index contributed by atoms with van der Waals surface area (Å²) in [4.78, 5) is 14.2. The molecule has 0 atom stereocenters. The van der Waals surface area contributed by atoms with Gasteiger partial charge >= 0.3 is 0 Å². The summed E-state index contributed by atoms with van der Waals surface area (Å²) in [5, 5.41) is 4.25. The Morgan fingerprint density at radius 1 is 1.09 bits per heavy atom. The summed E-state index contributed by atoms with van der Waals surface area (Å²) in [7, 11) is 0. The Labute approximate surface area is 132 Å². The molecule has 4 N–H and O–H groups in total. The fourth-order valence-electron chi connectivity index (χ4n) is 2.91. The van der Waals surface area contributed by atoms with Gasteiger partial charge in [-0.1, -0.05) is 0 Å². The van der Waals surface area contributed by atoms with E-state index in [0.717, 1.165) is 48.6 Å². The van der Waals surface area contributed by atoms with Crippen molar-refractivity contribution in [2.75, 3.05) is 36.8 Å². The van der Waals surface area contributed by atoms with E-state index in [2.05, 4.69) is 25.2 Å². The average molecular weight is 312 g/mol. The van der Waals surface area contributed by atoms with Crippen LogP contribution in [0.25, 0.3) is 22.3 Å². The molecule has 118 valence electrons. The van der Waals surface area contributed by atoms with Gasteiger partial charge in [0.05, 0.1) is 5.39 Å². The van der Waals surface area contributed by atoms with Crippen molar-refractivity contribution < 1.29 is 4.39 Å². The predicted octanol–water partition coefficient (Wildman–Crippen LogP) is 1.76. The fourth-order valence-corrected chi connectivity index (χ4v) is 2.91. The summed E-state index contributed by atoms with van der Waals surface area (Å²) in [5.41, 5.74) is 8.33. The van der Waals surface area contributed by atoms with Crippen molar-refractivity contribution in [3.05, 3.63) is 36.1 Å². The number of benzene rings is 1. The van der Waals surface area contributed by atoms with Gasteiger partial charge in [0.15, 0.2) is 0 Å². The summed E-state index contributed by atoms with van der Waals surface area (Å²) in [6, 6.07) is 8.36. The molecule has 1 aromatic carbocycles. The van der Waals surface area contributed by atoms with Gasteiger partial charge in [-0.2, -0.15) is 9.97 Å². The number of aromatic amines is 1. The number of aromatic nitrogens is 3. The van der Waals surface area contributed by atoms with Crippen LogP contribution in [0, 0.1) is 5.82 Å². The number of nitrogen functional groups attached to an aromatic ring is 1. The van der Waals surface area contributed by atoms with E-state index in [9.17, 15) is 4.39 Å². The lowest BCUT2D eigenvalue weighted by molar-refractivity contribution is 0.586. The molecule has 6 nitrogen and oxygen atoms in total. The fraction of sp³-hybridized carbons (Fsp3) is 0.250. The molecule has 23 heavy (non-hydrogen) atoms. The zero-order chi connectivity index (χ0) is 15.8. The highest BCUT2D eigenvalue weighted by Gasteiger charge is 2.18. The van der Waals surface area contributed by atoms with Gasteiger partial charge in [-0.25, -0.2) is 4.39 Å². The van der Waals surface area contributed by atoms with Crippen LogP contribution in [0.15, 0.2) is 30.3 Å². The van der Waals surface area contributed by atoms with Gasteiger partial charge in [0.1, 0.15) is 17.3 Å². The van der Waals surface area contributed by atoms with Gasteiger partial charge < -0.3 is 20.9 Å². The van der Waals surface area contributed by atoms with Crippen LogP contribution >= 0.6 is 0 Å². The predicted molar refractivity (Wildman–Crippen MR) is 88.8 cm³/mol. The molecule has 2 aromatic heterocycles. The van der Waals surface area contributed by atoms with Crippen LogP contribution in [-0.4, -0.2) is 41.1 Å². The highest BCUT2D eigenvalue weighted by atomic mass is 19.1. The van der Waals surface area contributed by atoms with Crippen molar-refractivity contribution in [2.45, 2.75) is 0 Å². The Morgan fingerprint density at radius 2 is 1.83 bits per heavy atom. The highest BCUT2D eigenvalue weighted by molar-refractivity contribution is 5.92. The smallest absolute Gasteiger partial charge is 0.223 e. The molecule has 3 heterocycles. The monoisotopic (exact) mass is 312 g/mol. The van der Waals surface area contributed by atoms with Crippen LogP contribution in [0.3, 0.4) is 0 Å². The first-order valence-corrected chi connectivity index (χ1v) is 7.58. The van der Waals surface area contributed by atoms with Crippen molar-refractivity contribution in [1.29, 1.82) is 0 Å². The second-order valence-corrected chi connectivity index (χ2v) is 5.59. The maximum Gasteiger partial charge on any atom is 0.223 e. The molecule has 0 saturated carbocycles. The summed E-state index contributed by atoms with van der Waals surface area (Å²) in [5.74, 6) is 0.840. The van der Waals surface area contributed by atoms with Crippen LogP contribution in [0.2, 0.25) is 0 Å². The van der Waals surface area contributed by atoms with Crippen molar-refractivity contribution in [3.63, 3.8) is 0 Å². The first kappa shape index (κ1) is 14.0. The second kappa shape index (κ2) is 5.51. The van der Waals surface area contributed by atoms with Gasteiger partial charge in [-0.3, -0.25) is 0 Å². The Kier molecular flexibility index (Phi) is 3.34. The summed E-state index contributed by atoms with van der Waals surface area (Å²) in [6.07, 6.45) is 0. The third kappa shape index (κ3) is 2.59. The Balaban J connectivity index is 1.82. The van der Waals surface area contributed by atoms with Crippen LogP contribution in [0.4, 0.5) is 16.2 Å². The molecule has 1 saturated heterocycles. The van der Waals surface area contributed by atoms with Gasteiger partial charge in [-0.15, -0.1) is 0 Å². The van der Waals surface area contributed by atoms with E-state index in [0.29, 0.717) is 5.65 Å². The number of fused-ring (bicyclic) bond motifs is 1. The molecule has 4 rings (SSSR count). The number of hydrogen-bond acceptors (Lipinski definition) is 5. The largest absolute Gasteiger partial charge is 0.368 e. The van der Waals surface area contributed by atoms with Gasteiger partial charge in [0.25, 0.3) is 0 Å². The average Bonchev–Trinajstić information content (AvgIpc) is 2.99. The Bertz CT molecular complexity index is 836. The molecule has 7 heteroatoms. The third-order valence-electron chi connectivity index (χ3n) is 4.06. The van der Waals surface area contributed by atoms with Gasteiger partial charge in [0.2, 0.25) is 5.95 Å². The minimum atomic E-state index is -0.254. The Morgan fingerprint density at radius 3 is 2.57 bits per heavy atom. The minimum Gasteiger partial charge on any atom is -0.368 e. The van der Waals surface area contributed by atoms with Crippen molar-refractivity contribution in [2.24, 2.45) is 0 Å². The van der Waals surface area contributed by atoms with Gasteiger partial charge in [-0.05, 0) is 35.9 Å². The standard InChI is InChI=1S/C16H17FN6/c17-11-3-1-10(2-4-11)13-9-12-14(20-13)21-16(18)22-15(12)23-7-5-19-6-8-23/h1-4,9,19H,5-8H2,(H3,18,20,21,22). The van der Waals surface area contributed by atoms with Crippen LogP contribution in [0.5, 0.6) is 0 Å². The third-order valence-corrected chi connectivity index (χ3v) is 4.06. The van der Waals surface area contributed by atoms with E-state index in [-0.39, 0.29) is 11.8 Å². The second-order valence-electron chi connectivity index (χ2n) is 5.59. The number of halogens is 1. The zero-order valence-electron chi connectivity index (χ0n) is 12.5. The zero-order valence-corrected chi connectivity index (χ0v) is 12.5. The molecule has 0 amide bonds. The van der Waals surface area contributed by atoms with E-state index in [1.165, 1.54) is 12.1 Å². The van der Waals surface area contributed by atoms with Crippen LogP contribution in [-0.2, 0) is 0 Å². The maximum atomic E-state index is 13.1. The van der Waals surface area contributed by atoms with E-state index in [1.54, 1.807) is 12.1 Å². The lowest BCUT2D eigenvalue weighted by atomic mass is 10.1. The first-order chi connectivity index (χ1) is 11.2. The van der Waals surface area contributed by atoms with E-state index in [1.807, 2.05) is 6.07 Å². The molecule has 0 spiro atoms. The number of H-pyrrole nitrogens is 1. The van der Waals surface area contributed by atoms with E-state index < -0.39 is 0 Å². The van der Waals surface area contributed by atoms with Crippen LogP contribution < -0.4 is 16.0 Å². The molecule has 3 aromatic rings. The summed E-state index contributed by atoms with van der Waals surface area (Å²) in [6.45, 7) is 3.59. The molecule has 1 aliphatic rings. The number of piperazine rings is 1. The number of nitrogens with two attached hydrogens (primary N) is 1. The molecule has 1 aliphatic heterocycles. The Hall–Kier alpha value is -2.67. The van der Waals surface area contributed by atoms with Crippen molar-refractivity contribution in [1.82, 2.24) is 20.3 Å². The molecule has 0 bridgehead atoms. The lowest BCUT2D eigenvalue weighted by Crippen LogP contribution is -2.44. The number of hydrogen-bond donors (Lipinski definition) is 3. The lowest BCUT2D eigenvalue weighted by Gasteiger charge is -2.28. The number of nitrogens with one attached hydrogen (secondary N) is 2. The molecule has 0 unspecified atom stereocenters. The first-order valence-electron chi connectivity index (χ1n) is 7.58. The van der Waals surface area contributed by atoms with Crippen LogP contribution in [0.1, 0.15) is 0 Å². The molecular formula is C16H17FN6. The topological polar surface area (TPSA) is 82.9 Å². The highest BCUT2D eigenvalue weighted by Crippen LogP contribution is 2.30. The molecular weight excluding hydrogens is 295 g/mol. The number of nitrogens with zero attached hydrogens (tertiary/aromatic N) is 3. The van der Waals surface area contributed by atoms with E-state index >= 15 is 0 Å². The van der Waals surface area contributed by atoms with Crippen molar-refractivity contribution >= 4 is 22.8 Å². The molecule has 1 fully saturated rings. The SMILES string of the molecule is Nc1nc(N2CCNCC2)c2cc(-c3ccc(F)cc3)[nH]c2n1. The van der Waals surface area contributed by atoms with Crippen molar-refractivity contribution in [3.8, 4) is 11.3 Å². The normalized spacial score (nSPS) is 15.3. The minimum absolute atomic E-state index is 0.249. The number of anilines is 2.